The molecule has 2 aromatic heterocycles. The fourth-order valence-corrected chi connectivity index (χ4v) is 5.70. The molecular formula is C25H17Cl2N3OS2. The van der Waals surface area contributed by atoms with Crippen LogP contribution in [0, 0.1) is 0 Å². The molecule has 3 aromatic carbocycles. The predicted octanol–water partition coefficient (Wildman–Crippen LogP) is 8.05. The number of rotatable bonds is 7. The molecule has 5 rings (SSSR count). The minimum atomic E-state index is 0.505. The Morgan fingerprint density at radius 1 is 0.848 bits per heavy atom. The molecule has 8 heteroatoms. The van der Waals surface area contributed by atoms with Gasteiger partial charge in [-0.1, -0.05) is 102 Å². The predicted molar refractivity (Wildman–Crippen MR) is 136 cm³/mol. The van der Waals surface area contributed by atoms with Crippen molar-refractivity contribution >= 4 is 46.3 Å². The Kier molecular flexibility index (Phi) is 6.78. The highest BCUT2D eigenvalue weighted by Crippen LogP contribution is 2.35. The van der Waals surface area contributed by atoms with Crippen LogP contribution in [0.5, 0.6) is 0 Å². The van der Waals surface area contributed by atoms with Gasteiger partial charge in [0.2, 0.25) is 5.89 Å². The molecule has 0 N–H and O–H groups in total. The summed E-state index contributed by atoms with van der Waals surface area (Å²) in [7, 11) is 0. The number of benzene rings is 3. The Morgan fingerprint density at radius 2 is 1.58 bits per heavy atom. The maximum absolute atomic E-state index is 6.27. The van der Waals surface area contributed by atoms with E-state index in [-0.39, 0.29) is 0 Å². The largest absolute Gasteiger partial charge is 0.416 e. The van der Waals surface area contributed by atoms with E-state index in [1.54, 1.807) is 17.4 Å². The van der Waals surface area contributed by atoms with Crippen LogP contribution in [0.2, 0.25) is 10.0 Å². The Hall–Kier alpha value is -2.64. The molecule has 0 aliphatic rings. The molecule has 33 heavy (non-hydrogen) atoms. The van der Waals surface area contributed by atoms with Crippen molar-refractivity contribution in [2.45, 2.75) is 17.4 Å². The van der Waals surface area contributed by atoms with Gasteiger partial charge in [-0.05, 0) is 17.7 Å². The van der Waals surface area contributed by atoms with Crippen molar-refractivity contribution in [2.24, 2.45) is 0 Å². The minimum Gasteiger partial charge on any atom is -0.416 e. The van der Waals surface area contributed by atoms with Gasteiger partial charge >= 0.3 is 0 Å². The van der Waals surface area contributed by atoms with E-state index in [1.807, 2.05) is 48.5 Å². The van der Waals surface area contributed by atoms with Gasteiger partial charge in [0.05, 0.1) is 12.1 Å². The van der Waals surface area contributed by atoms with Gasteiger partial charge in [0, 0.05) is 31.8 Å². The Labute approximate surface area is 209 Å². The van der Waals surface area contributed by atoms with E-state index in [9.17, 15) is 0 Å². The number of aromatic nitrogens is 3. The zero-order valence-electron chi connectivity index (χ0n) is 17.2. The molecule has 0 saturated heterocycles. The third-order valence-electron chi connectivity index (χ3n) is 4.89. The summed E-state index contributed by atoms with van der Waals surface area (Å²) in [5.74, 6) is 1.17. The fourth-order valence-electron chi connectivity index (χ4n) is 3.28. The first-order chi connectivity index (χ1) is 16.2. The molecule has 0 unspecified atom stereocenters. The molecule has 0 fully saturated rings. The van der Waals surface area contributed by atoms with Crippen LogP contribution in [0.25, 0.3) is 21.8 Å². The Balaban J connectivity index is 1.38. The van der Waals surface area contributed by atoms with E-state index in [4.69, 9.17) is 32.6 Å². The van der Waals surface area contributed by atoms with E-state index in [2.05, 4.69) is 34.5 Å². The van der Waals surface area contributed by atoms with Crippen LogP contribution in [-0.2, 0) is 12.2 Å². The summed E-state index contributed by atoms with van der Waals surface area (Å²) in [6.45, 7) is 0. The second-order valence-corrected chi connectivity index (χ2v) is 10.0. The maximum atomic E-state index is 6.27. The number of thiazole rings is 1. The number of hydrogen-bond acceptors (Lipinski definition) is 6. The summed E-state index contributed by atoms with van der Waals surface area (Å²) in [4.78, 5) is 6.03. The second kappa shape index (κ2) is 10.1. The SMILES string of the molecule is Clc1ccc(CSc2nnc(Cc3sc(-c4ccccc4)nc3-c3ccccc3)o2)c(Cl)c1. The Bertz CT molecular complexity index is 1370. The first-order valence-corrected chi connectivity index (χ1v) is 12.7. The second-order valence-electron chi connectivity index (χ2n) is 7.19. The van der Waals surface area contributed by atoms with Crippen LogP contribution in [0.1, 0.15) is 16.3 Å². The van der Waals surface area contributed by atoms with Gasteiger partial charge in [0.15, 0.2) is 0 Å². The van der Waals surface area contributed by atoms with Crippen molar-refractivity contribution in [3.8, 4) is 21.8 Å². The molecule has 2 heterocycles. The normalized spacial score (nSPS) is 11.1. The smallest absolute Gasteiger partial charge is 0.276 e. The quantitative estimate of drug-likeness (QED) is 0.207. The van der Waals surface area contributed by atoms with Crippen LogP contribution in [0.3, 0.4) is 0 Å². The topological polar surface area (TPSA) is 51.8 Å². The van der Waals surface area contributed by atoms with Gasteiger partial charge in [-0.3, -0.25) is 0 Å². The highest BCUT2D eigenvalue weighted by Gasteiger charge is 2.18. The molecule has 0 aliphatic heterocycles. The first-order valence-electron chi connectivity index (χ1n) is 10.2. The maximum Gasteiger partial charge on any atom is 0.276 e. The van der Waals surface area contributed by atoms with Gasteiger partial charge < -0.3 is 4.42 Å². The summed E-state index contributed by atoms with van der Waals surface area (Å²) >= 11 is 15.3. The first kappa shape index (κ1) is 22.2. The average molecular weight is 510 g/mol. The molecule has 0 atom stereocenters. The highest BCUT2D eigenvalue weighted by molar-refractivity contribution is 7.98. The van der Waals surface area contributed by atoms with Gasteiger partial charge in [0.1, 0.15) is 5.01 Å². The standard InChI is InChI=1S/C25H17Cl2N3OS2/c26-19-12-11-18(20(27)13-19)15-32-25-30-29-22(31-25)14-21-23(16-7-3-1-4-8-16)28-24(33-21)17-9-5-2-6-10-17/h1-13H,14-15H2. The van der Waals surface area contributed by atoms with Crippen molar-refractivity contribution < 1.29 is 4.42 Å². The van der Waals surface area contributed by atoms with E-state index < -0.39 is 0 Å². The molecule has 0 radical (unpaired) electrons. The molecule has 0 spiro atoms. The van der Waals surface area contributed by atoms with Crippen molar-refractivity contribution in [3.63, 3.8) is 0 Å². The van der Waals surface area contributed by atoms with Crippen molar-refractivity contribution in [1.82, 2.24) is 15.2 Å². The summed E-state index contributed by atoms with van der Waals surface area (Å²) < 4.78 is 5.93. The van der Waals surface area contributed by atoms with Gasteiger partial charge in [-0.15, -0.1) is 21.5 Å². The van der Waals surface area contributed by atoms with Gasteiger partial charge in [-0.25, -0.2) is 4.98 Å². The highest BCUT2D eigenvalue weighted by atomic mass is 35.5. The third-order valence-corrected chi connectivity index (χ3v) is 7.45. The van der Waals surface area contributed by atoms with Crippen LogP contribution in [-0.4, -0.2) is 15.2 Å². The van der Waals surface area contributed by atoms with Crippen molar-refractivity contribution in [1.29, 1.82) is 0 Å². The number of thioether (sulfide) groups is 1. The van der Waals surface area contributed by atoms with E-state index in [0.717, 1.165) is 32.3 Å². The van der Waals surface area contributed by atoms with E-state index >= 15 is 0 Å². The lowest BCUT2D eigenvalue weighted by Gasteiger charge is -2.02. The zero-order valence-corrected chi connectivity index (χ0v) is 20.4. The fraction of sp³-hybridized carbons (Fsp3) is 0.0800. The lowest BCUT2D eigenvalue weighted by molar-refractivity contribution is 0.421. The Morgan fingerprint density at radius 3 is 2.30 bits per heavy atom. The lowest BCUT2D eigenvalue weighted by atomic mass is 10.1. The van der Waals surface area contributed by atoms with E-state index in [1.165, 1.54) is 11.8 Å². The van der Waals surface area contributed by atoms with Gasteiger partial charge in [0.25, 0.3) is 5.22 Å². The number of hydrogen-bond donors (Lipinski definition) is 0. The summed E-state index contributed by atoms with van der Waals surface area (Å²) in [5.41, 5.74) is 4.07. The zero-order chi connectivity index (χ0) is 22.6. The lowest BCUT2D eigenvalue weighted by Crippen LogP contribution is -1.89. The number of halogens is 2. The van der Waals surface area contributed by atoms with Gasteiger partial charge in [-0.2, -0.15) is 0 Å². The molecule has 4 nitrogen and oxygen atoms in total. The minimum absolute atomic E-state index is 0.505. The monoisotopic (exact) mass is 509 g/mol. The summed E-state index contributed by atoms with van der Waals surface area (Å²) in [6, 6.07) is 25.8. The number of nitrogens with zero attached hydrogens (tertiary/aromatic N) is 3. The van der Waals surface area contributed by atoms with Crippen molar-refractivity contribution in [2.75, 3.05) is 0 Å². The summed E-state index contributed by atoms with van der Waals surface area (Å²) in [5, 5.41) is 11.2. The molecule has 164 valence electrons. The molecule has 0 saturated carbocycles. The van der Waals surface area contributed by atoms with Crippen LogP contribution in [0.15, 0.2) is 88.5 Å². The molecule has 0 amide bonds. The molecule has 5 aromatic rings. The van der Waals surface area contributed by atoms with Crippen LogP contribution >= 0.6 is 46.3 Å². The average Bonchev–Trinajstić information content (AvgIpc) is 3.47. The van der Waals surface area contributed by atoms with E-state index in [0.29, 0.717) is 33.3 Å². The van der Waals surface area contributed by atoms with Crippen LogP contribution < -0.4 is 0 Å². The molecular weight excluding hydrogens is 493 g/mol. The summed E-state index contributed by atoms with van der Waals surface area (Å²) in [6.07, 6.45) is 0.518. The molecule has 0 aliphatic carbocycles. The van der Waals surface area contributed by atoms with Crippen molar-refractivity contribution in [3.05, 3.63) is 105 Å². The molecule has 0 bridgehead atoms. The third kappa shape index (κ3) is 5.31. The van der Waals surface area contributed by atoms with Crippen LogP contribution in [0.4, 0.5) is 0 Å².